The van der Waals surface area contributed by atoms with Crippen LogP contribution in [-0.4, -0.2) is 45.2 Å². The maximum Gasteiger partial charge on any atom is 0.433 e. The summed E-state index contributed by atoms with van der Waals surface area (Å²) in [5, 5.41) is 3.67. The minimum absolute atomic E-state index is 0.00271. The summed E-state index contributed by atoms with van der Waals surface area (Å²) in [4.78, 5) is 19.0. The Labute approximate surface area is 171 Å². The average molecular weight is 418 g/mol. The lowest BCUT2D eigenvalue weighted by molar-refractivity contribution is -0.141. The zero-order valence-electron chi connectivity index (χ0n) is 16.5. The third-order valence-corrected chi connectivity index (χ3v) is 5.21. The van der Waals surface area contributed by atoms with Crippen LogP contribution >= 0.6 is 0 Å². The van der Waals surface area contributed by atoms with Crippen LogP contribution in [0.5, 0.6) is 0 Å². The number of ether oxygens (including phenoxy) is 1. The van der Waals surface area contributed by atoms with Crippen molar-refractivity contribution in [3.8, 4) is 0 Å². The van der Waals surface area contributed by atoms with Gasteiger partial charge in [0, 0.05) is 31.0 Å². The number of hydrogen-bond acceptors (Lipinski definition) is 7. The van der Waals surface area contributed by atoms with Gasteiger partial charge in [0.2, 0.25) is 5.95 Å². The average Bonchev–Trinajstić information content (AvgIpc) is 2.73. The molecule has 0 saturated carbocycles. The van der Waals surface area contributed by atoms with Gasteiger partial charge in [-0.3, -0.25) is 4.98 Å². The Morgan fingerprint density at radius 2 is 1.90 bits per heavy atom. The summed E-state index contributed by atoms with van der Waals surface area (Å²) in [5.74, 6) is 0.889. The van der Waals surface area contributed by atoms with Crippen LogP contribution in [0.4, 0.5) is 24.9 Å². The molecule has 1 saturated heterocycles. The number of nitrogens with zero attached hydrogens (tertiary/aromatic N) is 5. The number of hydrogen-bond donors (Lipinski definition) is 1. The molecule has 0 amide bonds. The van der Waals surface area contributed by atoms with Gasteiger partial charge in [0.05, 0.1) is 24.1 Å². The minimum atomic E-state index is -4.53. The normalized spacial score (nSPS) is 19.8. The summed E-state index contributed by atoms with van der Waals surface area (Å²) < 4.78 is 45.5. The van der Waals surface area contributed by atoms with Gasteiger partial charge in [0.1, 0.15) is 11.5 Å². The van der Waals surface area contributed by atoms with Gasteiger partial charge >= 0.3 is 6.18 Å². The van der Waals surface area contributed by atoms with Gasteiger partial charge < -0.3 is 15.0 Å². The molecular weight excluding hydrogens is 397 g/mol. The molecule has 2 atom stereocenters. The van der Waals surface area contributed by atoms with Crippen molar-refractivity contribution in [2.75, 3.05) is 23.4 Å². The Balaban J connectivity index is 1.69. The number of aromatic nitrogens is 4. The highest BCUT2D eigenvalue weighted by Crippen LogP contribution is 2.31. The van der Waals surface area contributed by atoms with Crippen molar-refractivity contribution in [3.05, 3.63) is 47.9 Å². The van der Waals surface area contributed by atoms with Crippen molar-refractivity contribution in [2.45, 2.75) is 38.7 Å². The van der Waals surface area contributed by atoms with E-state index in [1.54, 1.807) is 18.3 Å². The quantitative estimate of drug-likeness (QED) is 0.693. The monoisotopic (exact) mass is 418 g/mol. The van der Waals surface area contributed by atoms with E-state index in [-0.39, 0.29) is 24.3 Å². The summed E-state index contributed by atoms with van der Waals surface area (Å²) in [6, 6.07) is 6.45. The predicted molar refractivity (Wildman–Crippen MR) is 106 cm³/mol. The summed E-state index contributed by atoms with van der Waals surface area (Å²) in [7, 11) is 0. The molecular formula is C20H21F3N6O. The lowest BCUT2D eigenvalue weighted by atomic mass is 10.1. The number of alkyl halides is 3. The molecule has 30 heavy (non-hydrogen) atoms. The highest BCUT2D eigenvalue weighted by atomic mass is 19.4. The number of fused-ring (bicyclic) bond motifs is 1. The van der Waals surface area contributed by atoms with Gasteiger partial charge in [-0.2, -0.15) is 23.1 Å². The van der Waals surface area contributed by atoms with E-state index >= 15 is 0 Å². The molecule has 1 fully saturated rings. The molecule has 0 aromatic carbocycles. The topological polar surface area (TPSA) is 76.1 Å². The zero-order chi connectivity index (χ0) is 21.3. The van der Waals surface area contributed by atoms with E-state index in [9.17, 15) is 13.2 Å². The minimum Gasteiger partial charge on any atom is -0.375 e. The Hall–Kier alpha value is -3.01. The molecule has 0 spiro atoms. The van der Waals surface area contributed by atoms with Gasteiger partial charge in [-0.15, -0.1) is 0 Å². The van der Waals surface area contributed by atoms with E-state index in [2.05, 4.69) is 25.3 Å². The molecule has 3 aromatic heterocycles. The summed E-state index contributed by atoms with van der Waals surface area (Å²) in [6.45, 7) is 5.08. The van der Waals surface area contributed by atoms with E-state index in [0.29, 0.717) is 36.0 Å². The fourth-order valence-corrected chi connectivity index (χ4v) is 3.44. The Kier molecular flexibility index (Phi) is 5.42. The van der Waals surface area contributed by atoms with Gasteiger partial charge in [-0.25, -0.2) is 4.98 Å². The second-order valence-electron chi connectivity index (χ2n) is 7.12. The summed E-state index contributed by atoms with van der Waals surface area (Å²) >= 11 is 0. The first-order valence-corrected chi connectivity index (χ1v) is 9.60. The van der Waals surface area contributed by atoms with Crippen molar-refractivity contribution < 1.29 is 17.9 Å². The van der Waals surface area contributed by atoms with Crippen molar-refractivity contribution in [1.29, 1.82) is 0 Å². The zero-order valence-corrected chi connectivity index (χ0v) is 16.5. The Morgan fingerprint density at radius 1 is 1.13 bits per heavy atom. The van der Waals surface area contributed by atoms with Crippen molar-refractivity contribution in [3.63, 3.8) is 0 Å². The molecule has 4 heterocycles. The molecule has 158 valence electrons. The van der Waals surface area contributed by atoms with Crippen LogP contribution in [-0.2, 0) is 17.5 Å². The Bertz CT molecular complexity index is 1040. The SMILES string of the molecule is C[C@@H]1[C@@H](C)OCCN1c1nc(NCc2cccnc2C(F)(F)F)c2cccnc2n1. The van der Waals surface area contributed by atoms with Crippen LogP contribution in [0, 0.1) is 0 Å². The van der Waals surface area contributed by atoms with E-state index in [1.807, 2.05) is 18.7 Å². The largest absolute Gasteiger partial charge is 0.433 e. The van der Waals surface area contributed by atoms with Crippen LogP contribution < -0.4 is 10.2 Å². The molecule has 1 aliphatic rings. The lowest BCUT2D eigenvalue weighted by Crippen LogP contribution is -2.49. The van der Waals surface area contributed by atoms with Crippen molar-refractivity contribution in [2.24, 2.45) is 0 Å². The van der Waals surface area contributed by atoms with Crippen LogP contribution in [0.2, 0.25) is 0 Å². The third kappa shape index (κ3) is 4.00. The lowest BCUT2D eigenvalue weighted by Gasteiger charge is -2.37. The van der Waals surface area contributed by atoms with E-state index < -0.39 is 11.9 Å². The first-order valence-electron chi connectivity index (χ1n) is 9.60. The van der Waals surface area contributed by atoms with Crippen molar-refractivity contribution >= 4 is 22.8 Å². The summed E-state index contributed by atoms with van der Waals surface area (Å²) in [5.41, 5.74) is -0.404. The molecule has 0 unspecified atom stereocenters. The van der Waals surface area contributed by atoms with Gasteiger partial charge in [-0.1, -0.05) is 6.07 Å². The number of halogens is 3. The maximum absolute atomic E-state index is 13.3. The number of nitrogens with one attached hydrogen (secondary N) is 1. The number of anilines is 2. The van der Waals surface area contributed by atoms with E-state index in [1.165, 1.54) is 12.1 Å². The summed E-state index contributed by atoms with van der Waals surface area (Å²) in [6.07, 6.45) is -1.77. The second-order valence-corrected chi connectivity index (χ2v) is 7.12. The second kappa shape index (κ2) is 8.02. The number of rotatable bonds is 4. The molecule has 0 aliphatic carbocycles. The standard InChI is InChI=1S/C20H21F3N6O/c1-12-13(2)30-10-9-29(12)19-27-17-15(6-4-8-25-17)18(28-19)26-11-14-5-3-7-24-16(14)20(21,22)23/h3-8,12-13H,9-11H2,1-2H3,(H,25,26,27,28)/t12-,13-/m1/s1. The van der Waals surface area contributed by atoms with Gasteiger partial charge in [0.25, 0.3) is 0 Å². The molecule has 7 nitrogen and oxygen atoms in total. The van der Waals surface area contributed by atoms with E-state index in [0.717, 1.165) is 6.20 Å². The van der Waals surface area contributed by atoms with Crippen molar-refractivity contribution in [1.82, 2.24) is 19.9 Å². The predicted octanol–water partition coefficient (Wildman–Crippen LogP) is 3.66. The highest BCUT2D eigenvalue weighted by Gasteiger charge is 2.35. The molecule has 4 rings (SSSR count). The molecule has 10 heteroatoms. The smallest absolute Gasteiger partial charge is 0.375 e. The highest BCUT2D eigenvalue weighted by molar-refractivity contribution is 5.87. The molecule has 0 bridgehead atoms. The molecule has 0 radical (unpaired) electrons. The Morgan fingerprint density at radius 3 is 2.70 bits per heavy atom. The maximum atomic E-state index is 13.3. The fourth-order valence-electron chi connectivity index (χ4n) is 3.44. The number of morpholine rings is 1. The fraction of sp³-hybridized carbons (Fsp3) is 0.400. The first kappa shape index (κ1) is 20.3. The van der Waals surface area contributed by atoms with E-state index in [4.69, 9.17) is 4.74 Å². The van der Waals surface area contributed by atoms with Crippen LogP contribution in [0.3, 0.4) is 0 Å². The molecule has 3 aromatic rings. The van der Waals surface area contributed by atoms with Crippen LogP contribution in [0.15, 0.2) is 36.7 Å². The molecule has 1 aliphatic heterocycles. The third-order valence-electron chi connectivity index (χ3n) is 5.21. The van der Waals surface area contributed by atoms with Gasteiger partial charge in [0.15, 0.2) is 5.65 Å². The number of pyridine rings is 2. The molecule has 1 N–H and O–H groups in total. The van der Waals surface area contributed by atoms with Gasteiger partial charge in [-0.05, 0) is 32.0 Å². The first-order chi connectivity index (χ1) is 14.3. The van der Waals surface area contributed by atoms with Crippen LogP contribution in [0.25, 0.3) is 11.0 Å². The van der Waals surface area contributed by atoms with Crippen LogP contribution in [0.1, 0.15) is 25.1 Å².